The van der Waals surface area contributed by atoms with Crippen LogP contribution in [0.2, 0.25) is 0 Å². The van der Waals surface area contributed by atoms with E-state index in [1.54, 1.807) is 25.2 Å². The Hall–Kier alpha value is -2.43. The topological polar surface area (TPSA) is 58.1 Å². The molecule has 0 fully saturated rings. The van der Waals surface area contributed by atoms with E-state index >= 15 is 0 Å². The molecule has 0 spiro atoms. The number of benzene rings is 1. The number of hydrogen-bond donors (Lipinski definition) is 1. The average Bonchev–Trinajstić information content (AvgIpc) is 2.47. The second-order valence-corrected chi connectivity index (χ2v) is 4.72. The van der Waals surface area contributed by atoms with Gasteiger partial charge in [0.1, 0.15) is 6.33 Å². The van der Waals surface area contributed by atoms with Crippen LogP contribution in [0.3, 0.4) is 0 Å². The van der Waals surface area contributed by atoms with Gasteiger partial charge in [-0.15, -0.1) is 0 Å². The van der Waals surface area contributed by atoms with Gasteiger partial charge < -0.3 is 10.2 Å². The van der Waals surface area contributed by atoms with Gasteiger partial charge in [0.2, 0.25) is 5.91 Å². The minimum absolute atomic E-state index is 0.103. The standard InChI is InChI=1S/C15H18N4O/c1-19(2)15(20)9-12-3-5-13(6-4-12)17-10-14-7-8-16-11-18-14/h3-8,11,17H,9-10H2,1-2H3. The largest absolute Gasteiger partial charge is 0.379 e. The highest BCUT2D eigenvalue weighted by Crippen LogP contribution is 2.11. The summed E-state index contributed by atoms with van der Waals surface area (Å²) in [6, 6.07) is 9.74. The van der Waals surface area contributed by atoms with Gasteiger partial charge in [0.25, 0.3) is 0 Å². The van der Waals surface area contributed by atoms with E-state index in [1.165, 1.54) is 6.33 Å². The highest BCUT2D eigenvalue weighted by molar-refractivity contribution is 5.78. The van der Waals surface area contributed by atoms with Crippen molar-refractivity contribution in [1.82, 2.24) is 14.9 Å². The third-order valence-corrected chi connectivity index (χ3v) is 2.92. The number of rotatable bonds is 5. The number of nitrogens with one attached hydrogen (secondary N) is 1. The summed E-state index contributed by atoms with van der Waals surface area (Å²) >= 11 is 0. The molecule has 20 heavy (non-hydrogen) atoms. The minimum Gasteiger partial charge on any atom is -0.379 e. The Kier molecular flexibility index (Phi) is 4.65. The van der Waals surface area contributed by atoms with Crippen molar-refractivity contribution in [3.05, 3.63) is 54.1 Å². The Morgan fingerprint density at radius 1 is 1.20 bits per heavy atom. The van der Waals surface area contributed by atoms with Gasteiger partial charge in [0.05, 0.1) is 18.7 Å². The van der Waals surface area contributed by atoms with Crippen LogP contribution in [0.1, 0.15) is 11.3 Å². The number of anilines is 1. The summed E-state index contributed by atoms with van der Waals surface area (Å²) in [4.78, 5) is 21.2. The van der Waals surface area contributed by atoms with Crippen molar-refractivity contribution in [3.8, 4) is 0 Å². The lowest BCUT2D eigenvalue weighted by molar-refractivity contribution is -0.127. The van der Waals surface area contributed by atoms with Crippen LogP contribution in [-0.2, 0) is 17.8 Å². The number of amides is 1. The molecular weight excluding hydrogens is 252 g/mol. The predicted molar refractivity (Wildman–Crippen MR) is 78.2 cm³/mol. The SMILES string of the molecule is CN(C)C(=O)Cc1ccc(NCc2ccncn2)cc1. The Morgan fingerprint density at radius 2 is 1.95 bits per heavy atom. The molecule has 0 radical (unpaired) electrons. The summed E-state index contributed by atoms with van der Waals surface area (Å²) in [6.45, 7) is 0.651. The van der Waals surface area contributed by atoms with Crippen molar-refractivity contribution < 1.29 is 4.79 Å². The maximum Gasteiger partial charge on any atom is 0.226 e. The Morgan fingerprint density at radius 3 is 2.55 bits per heavy atom. The van der Waals surface area contributed by atoms with Crippen LogP contribution < -0.4 is 5.32 Å². The molecule has 2 aromatic rings. The molecule has 0 saturated heterocycles. The molecule has 0 atom stereocenters. The van der Waals surface area contributed by atoms with Crippen LogP contribution in [0.4, 0.5) is 5.69 Å². The fourth-order valence-corrected chi connectivity index (χ4v) is 1.69. The molecule has 1 heterocycles. The molecule has 0 saturated carbocycles. The van der Waals surface area contributed by atoms with E-state index in [4.69, 9.17) is 0 Å². The number of carbonyl (C=O) groups is 1. The van der Waals surface area contributed by atoms with Gasteiger partial charge in [-0.2, -0.15) is 0 Å². The molecule has 104 valence electrons. The van der Waals surface area contributed by atoms with Gasteiger partial charge in [-0.1, -0.05) is 12.1 Å². The molecular formula is C15H18N4O. The van der Waals surface area contributed by atoms with Crippen LogP contribution in [0, 0.1) is 0 Å². The lowest BCUT2D eigenvalue weighted by Crippen LogP contribution is -2.23. The first kappa shape index (κ1) is 14.0. The van der Waals surface area contributed by atoms with Gasteiger partial charge in [0.15, 0.2) is 0 Å². The summed E-state index contributed by atoms with van der Waals surface area (Å²) in [5.74, 6) is 0.103. The van der Waals surface area contributed by atoms with Crippen LogP contribution in [0.25, 0.3) is 0 Å². The fraction of sp³-hybridized carbons (Fsp3) is 0.267. The molecule has 0 aliphatic rings. The maximum atomic E-state index is 11.6. The minimum atomic E-state index is 0.103. The lowest BCUT2D eigenvalue weighted by atomic mass is 10.1. The first-order chi connectivity index (χ1) is 9.65. The van der Waals surface area contributed by atoms with E-state index in [9.17, 15) is 4.79 Å². The molecule has 5 heteroatoms. The summed E-state index contributed by atoms with van der Waals surface area (Å²) < 4.78 is 0. The van der Waals surface area contributed by atoms with Crippen molar-refractivity contribution in [1.29, 1.82) is 0 Å². The van der Waals surface area contributed by atoms with E-state index in [0.717, 1.165) is 16.9 Å². The van der Waals surface area contributed by atoms with Crippen molar-refractivity contribution >= 4 is 11.6 Å². The molecule has 0 unspecified atom stereocenters. The molecule has 1 aromatic heterocycles. The van der Waals surface area contributed by atoms with E-state index in [2.05, 4.69) is 15.3 Å². The van der Waals surface area contributed by atoms with Gasteiger partial charge in [-0.05, 0) is 23.8 Å². The summed E-state index contributed by atoms with van der Waals surface area (Å²) in [7, 11) is 3.53. The van der Waals surface area contributed by atoms with Gasteiger partial charge in [-0.25, -0.2) is 9.97 Å². The molecule has 5 nitrogen and oxygen atoms in total. The van der Waals surface area contributed by atoms with Crippen molar-refractivity contribution in [3.63, 3.8) is 0 Å². The smallest absolute Gasteiger partial charge is 0.226 e. The normalized spacial score (nSPS) is 10.1. The van der Waals surface area contributed by atoms with Crippen molar-refractivity contribution in [2.45, 2.75) is 13.0 Å². The molecule has 0 bridgehead atoms. The summed E-state index contributed by atoms with van der Waals surface area (Å²) in [5.41, 5.74) is 2.95. The highest BCUT2D eigenvalue weighted by Gasteiger charge is 2.05. The van der Waals surface area contributed by atoms with Crippen molar-refractivity contribution in [2.24, 2.45) is 0 Å². The fourth-order valence-electron chi connectivity index (χ4n) is 1.69. The first-order valence-electron chi connectivity index (χ1n) is 6.43. The molecule has 1 amide bonds. The van der Waals surface area contributed by atoms with E-state index in [1.807, 2.05) is 30.3 Å². The summed E-state index contributed by atoms with van der Waals surface area (Å²) in [6.07, 6.45) is 3.69. The first-order valence-corrected chi connectivity index (χ1v) is 6.43. The third kappa shape index (κ3) is 4.05. The van der Waals surface area contributed by atoms with E-state index < -0.39 is 0 Å². The Bertz CT molecular complexity index is 552. The quantitative estimate of drug-likeness (QED) is 0.898. The number of carbonyl (C=O) groups excluding carboxylic acids is 1. The lowest BCUT2D eigenvalue weighted by Gasteiger charge is -2.11. The van der Waals surface area contributed by atoms with Gasteiger partial charge >= 0.3 is 0 Å². The Labute approximate surface area is 118 Å². The van der Waals surface area contributed by atoms with E-state index in [0.29, 0.717) is 13.0 Å². The molecule has 1 aromatic carbocycles. The zero-order chi connectivity index (χ0) is 14.4. The maximum absolute atomic E-state index is 11.6. The highest BCUT2D eigenvalue weighted by atomic mass is 16.2. The van der Waals surface area contributed by atoms with Crippen LogP contribution >= 0.6 is 0 Å². The van der Waals surface area contributed by atoms with E-state index in [-0.39, 0.29) is 5.91 Å². The monoisotopic (exact) mass is 270 g/mol. The molecule has 1 N–H and O–H groups in total. The predicted octanol–water partition coefficient (Wildman–Crippen LogP) is 1.72. The van der Waals surface area contributed by atoms with Crippen LogP contribution in [-0.4, -0.2) is 34.9 Å². The third-order valence-electron chi connectivity index (χ3n) is 2.92. The van der Waals surface area contributed by atoms with Gasteiger partial charge in [0, 0.05) is 26.0 Å². The van der Waals surface area contributed by atoms with Crippen molar-refractivity contribution in [2.75, 3.05) is 19.4 Å². The second-order valence-electron chi connectivity index (χ2n) is 4.72. The second kappa shape index (κ2) is 6.65. The van der Waals surface area contributed by atoms with Crippen LogP contribution in [0.15, 0.2) is 42.9 Å². The number of nitrogens with zero attached hydrogens (tertiary/aromatic N) is 3. The average molecular weight is 270 g/mol. The number of hydrogen-bond acceptors (Lipinski definition) is 4. The molecule has 2 rings (SSSR count). The molecule has 0 aliphatic carbocycles. The molecule has 0 aliphatic heterocycles. The van der Waals surface area contributed by atoms with Gasteiger partial charge in [-0.3, -0.25) is 4.79 Å². The summed E-state index contributed by atoms with van der Waals surface area (Å²) in [5, 5.41) is 3.28. The Balaban J connectivity index is 1.90. The number of aromatic nitrogens is 2. The number of likely N-dealkylation sites (N-methyl/N-ethyl adjacent to an activating group) is 1. The zero-order valence-corrected chi connectivity index (χ0v) is 11.7. The van der Waals surface area contributed by atoms with Crippen LogP contribution in [0.5, 0.6) is 0 Å². The zero-order valence-electron chi connectivity index (χ0n) is 11.7.